The lowest BCUT2D eigenvalue weighted by molar-refractivity contribution is -0.134. The molecule has 1 aromatic heterocycles. The fraction of sp³-hybridized carbons (Fsp3) is 0.750. The Labute approximate surface area is 132 Å². The van der Waals surface area contributed by atoms with Crippen LogP contribution >= 0.6 is 0 Å². The minimum Gasteiger partial charge on any atom is -0.370 e. The second-order valence-electron chi connectivity index (χ2n) is 6.67. The Balaban J connectivity index is 1.64. The van der Waals surface area contributed by atoms with Gasteiger partial charge in [-0.05, 0) is 12.8 Å². The first kappa shape index (κ1) is 15.5. The van der Waals surface area contributed by atoms with Gasteiger partial charge in [0, 0.05) is 51.9 Å². The van der Waals surface area contributed by atoms with Crippen molar-refractivity contribution in [1.29, 1.82) is 0 Å². The summed E-state index contributed by atoms with van der Waals surface area (Å²) in [5, 5.41) is 0. The molecule has 0 unspecified atom stereocenters. The van der Waals surface area contributed by atoms with Gasteiger partial charge in [0.25, 0.3) is 0 Å². The number of ether oxygens (including phenoxy) is 1. The third-order valence-corrected chi connectivity index (χ3v) is 4.95. The Morgan fingerprint density at radius 1 is 1.45 bits per heavy atom. The largest absolute Gasteiger partial charge is 0.370 e. The number of amides is 1. The molecule has 6 nitrogen and oxygen atoms in total. The number of imidazole rings is 1. The molecule has 0 radical (unpaired) electrons. The van der Waals surface area contributed by atoms with E-state index < -0.39 is 0 Å². The molecule has 1 atom stereocenters. The molecule has 0 spiro atoms. The molecule has 1 saturated carbocycles. The van der Waals surface area contributed by atoms with E-state index in [9.17, 15) is 4.79 Å². The lowest BCUT2D eigenvalue weighted by atomic mass is 9.88. The number of carbonyl (C=O) groups is 1. The van der Waals surface area contributed by atoms with Gasteiger partial charge in [0.15, 0.2) is 0 Å². The smallest absolute Gasteiger partial charge is 0.248 e. The van der Waals surface area contributed by atoms with E-state index in [2.05, 4.69) is 21.5 Å². The molecule has 6 heteroatoms. The highest BCUT2D eigenvalue weighted by atomic mass is 16.5. The van der Waals surface area contributed by atoms with Crippen molar-refractivity contribution in [2.24, 2.45) is 7.05 Å². The SMILES string of the molecule is CN(C)C(=O)COC[C@H]1Cc2c(ncn2C)CN1C1CCC1. The molecule has 1 fully saturated rings. The number of hydrogen-bond acceptors (Lipinski definition) is 4. The maximum atomic E-state index is 11.7. The van der Waals surface area contributed by atoms with Crippen LogP contribution in [0.5, 0.6) is 0 Å². The van der Waals surface area contributed by atoms with Crippen LogP contribution in [0, 0.1) is 0 Å². The van der Waals surface area contributed by atoms with Crippen LogP contribution in [0.4, 0.5) is 0 Å². The lowest BCUT2D eigenvalue weighted by Crippen LogP contribution is -2.51. The number of fused-ring (bicyclic) bond motifs is 1. The van der Waals surface area contributed by atoms with Crippen LogP contribution < -0.4 is 0 Å². The van der Waals surface area contributed by atoms with Gasteiger partial charge < -0.3 is 14.2 Å². The molecule has 0 saturated heterocycles. The predicted octanol–water partition coefficient (Wildman–Crippen LogP) is 0.804. The maximum absolute atomic E-state index is 11.7. The van der Waals surface area contributed by atoms with Crippen LogP contribution in [0.1, 0.15) is 30.7 Å². The van der Waals surface area contributed by atoms with Crippen LogP contribution in [0.15, 0.2) is 6.33 Å². The van der Waals surface area contributed by atoms with Crippen LogP contribution in [-0.2, 0) is 29.5 Å². The van der Waals surface area contributed by atoms with Crippen LogP contribution in [-0.4, -0.2) is 64.7 Å². The molecule has 22 heavy (non-hydrogen) atoms. The van der Waals surface area contributed by atoms with Crippen molar-refractivity contribution in [2.45, 2.75) is 44.3 Å². The summed E-state index contributed by atoms with van der Waals surface area (Å²) in [6.07, 6.45) is 6.73. The zero-order valence-corrected chi connectivity index (χ0v) is 13.8. The van der Waals surface area contributed by atoms with Crippen LogP contribution in [0.25, 0.3) is 0 Å². The highest BCUT2D eigenvalue weighted by molar-refractivity contribution is 5.76. The van der Waals surface area contributed by atoms with Gasteiger partial charge in [-0.25, -0.2) is 4.98 Å². The van der Waals surface area contributed by atoms with Gasteiger partial charge in [0.2, 0.25) is 5.91 Å². The molecular formula is C16H26N4O2. The van der Waals surface area contributed by atoms with Gasteiger partial charge in [-0.1, -0.05) is 6.42 Å². The normalized spacial score (nSPS) is 22.2. The molecule has 1 aliphatic carbocycles. The molecule has 0 bridgehead atoms. The Morgan fingerprint density at radius 3 is 2.86 bits per heavy atom. The second-order valence-corrected chi connectivity index (χ2v) is 6.67. The summed E-state index contributed by atoms with van der Waals surface area (Å²) in [5.41, 5.74) is 2.51. The zero-order chi connectivity index (χ0) is 15.7. The Morgan fingerprint density at radius 2 is 2.23 bits per heavy atom. The summed E-state index contributed by atoms with van der Waals surface area (Å²) in [6.45, 7) is 1.69. The van der Waals surface area contributed by atoms with Crippen molar-refractivity contribution in [3.8, 4) is 0 Å². The molecule has 0 N–H and O–H groups in total. The van der Waals surface area contributed by atoms with Crippen molar-refractivity contribution in [2.75, 3.05) is 27.3 Å². The molecule has 0 aromatic carbocycles. The van der Waals surface area contributed by atoms with E-state index in [0.717, 1.165) is 13.0 Å². The third kappa shape index (κ3) is 3.03. The van der Waals surface area contributed by atoms with Crippen molar-refractivity contribution in [3.63, 3.8) is 0 Å². The molecular weight excluding hydrogens is 280 g/mol. The molecule has 3 rings (SSSR count). The van der Waals surface area contributed by atoms with Crippen molar-refractivity contribution in [1.82, 2.24) is 19.4 Å². The average Bonchev–Trinajstić information content (AvgIpc) is 2.78. The lowest BCUT2D eigenvalue weighted by Gasteiger charge is -2.44. The van der Waals surface area contributed by atoms with Crippen LogP contribution in [0.3, 0.4) is 0 Å². The number of rotatable bonds is 5. The topological polar surface area (TPSA) is 50.6 Å². The molecule has 122 valence electrons. The van der Waals surface area contributed by atoms with Gasteiger partial charge in [-0.2, -0.15) is 0 Å². The second kappa shape index (κ2) is 6.38. The summed E-state index contributed by atoms with van der Waals surface area (Å²) in [5.74, 6) is 0.0206. The van der Waals surface area contributed by atoms with Gasteiger partial charge in [-0.15, -0.1) is 0 Å². The monoisotopic (exact) mass is 306 g/mol. The minimum absolute atomic E-state index is 0.0206. The molecule has 1 amide bonds. The zero-order valence-electron chi connectivity index (χ0n) is 13.8. The first-order chi connectivity index (χ1) is 10.6. The fourth-order valence-corrected chi connectivity index (χ4v) is 3.25. The molecule has 1 aliphatic heterocycles. The first-order valence-corrected chi connectivity index (χ1v) is 8.09. The van der Waals surface area contributed by atoms with E-state index in [1.165, 1.54) is 30.7 Å². The van der Waals surface area contributed by atoms with Crippen molar-refractivity contribution >= 4 is 5.91 Å². The number of carbonyl (C=O) groups excluding carboxylic acids is 1. The van der Waals surface area contributed by atoms with E-state index in [1.54, 1.807) is 19.0 Å². The number of hydrogen-bond donors (Lipinski definition) is 0. The fourth-order valence-electron chi connectivity index (χ4n) is 3.25. The number of aromatic nitrogens is 2. The summed E-state index contributed by atoms with van der Waals surface area (Å²) in [6, 6.07) is 1.01. The Bertz CT molecular complexity index is 536. The third-order valence-electron chi connectivity index (χ3n) is 4.95. The summed E-state index contributed by atoms with van der Waals surface area (Å²) in [4.78, 5) is 20.3. The van der Waals surface area contributed by atoms with Crippen molar-refractivity contribution in [3.05, 3.63) is 17.7 Å². The predicted molar refractivity (Wildman–Crippen MR) is 83.4 cm³/mol. The van der Waals surface area contributed by atoms with E-state index in [4.69, 9.17) is 4.74 Å². The van der Waals surface area contributed by atoms with E-state index in [1.807, 2.05) is 6.33 Å². The van der Waals surface area contributed by atoms with Gasteiger partial charge >= 0.3 is 0 Å². The summed E-state index contributed by atoms with van der Waals surface area (Å²) >= 11 is 0. The highest BCUT2D eigenvalue weighted by Crippen LogP contribution is 2.32. The quantitative estimate of drug-likeness (QED) is 0.807. The number of aryl methyl sites for hydroxylation is 1. The van der Waals surface area contributed by atoms with E-state index in [-0.39, 0.29) is 12.5 Å². The van der Waals surface area contributed by atoms with Crippen molar-refractivity contribution < 1.29 is 9.53 Å². The minimum atomic E-state index is 0.0206. The van der Waals surface area contributed by atoms with Gasteiger partial charge in [-0.3, -0.25) is 9.69 Å². The first-order valence-electron chi connectivity index (χ1n) is 8.09. The van der Waals surface area contributed by atoms with E-state index >= 15 is 0 Å². The molecule has 2 aliphatic rings. The Kier molecular flexibility index (Phi) is 4.49. The van der Waals surface area contributed by atoms with Crippen LogP contribution in [0.2, 0.25) is 0 Å². The number of nitrogens with zero attached hydrogens (tertiary/aromatic N) is 4. The van der Waals surface area contributed by atoms with Gasteiger partial charge in [0.05, 0.1) is 18.6 Å². The van der Waals surface area contributed by atoms with E-state index in [0.29, 0.717) is 18.7 Å². The maximum Gasteiger partial charge on any atom is 0.248 e. The molecule has 1 aromatic rings. The average molecular weight is 306 g/mol. The molecule has 2 heterocycles. The number of likely N-dealkylation sites (N-methyl/N-ethyl adjacent to an activating group) is 1. The highest BCUT2D eigenvalue weighted by Gasteiger charge is 2.36. The van der Waals surface area contributed by atoms with Gasteiger partial charge in [0.1, 0.15) is 6.61 Å². The Hall–Kier alpha value is -1.40. The standard InChI is InChI=1S/C16H26N4O2/c1-18(2)16(21)10-22-9-13-7-15-14(17-11-19(15)3)8-20(13)12-5-4-6-12/h11-13H,4-10H2,1-3H3/t13-/m1/s1. The summed E-state index contributed by atoms with van der Waals surface area (Å²) < 4.78 is 7.83. The summed E-state index contributed by atoms with van der Waals surface area (Å²) in [7, 11) is 5.57.